The average molecular weight is 620 g/mol. The number of aliphatic hydroxyl groups is 1. The summed E-state index contributed by atoms with van der Waals surface area (Å²) < 4.78 is 51.2. The standard InChI is InChI=1S/C30H35F2N3O9/c1-16(23(37)42-15-20-22(36)30(31,32)25(43-20)35-14-10-21(33)34-27(35)40)5-4-11-28(2)18-9-13-29(26(39)44-28)12-8-17(24(38)41-3)6-7-19(18)29/h4-5,8,10-11,14,18-20,22,25,36H,6-7,9,12-13,15H2,1-3H3,(H2,33,34,40)/b11-4+,16-5+/t18?,19?,20?,22-,25+,28+,29?/m0/s1. The van der Waals surface area contributed by atoms with Crippen LogP contribution in [-0.2, 0) is 33.3 Å². The maximum Gasteiger partial charge on any atom is 0.351 e. The van der Waals surface area contributed by atoms with Gasteiger partial charge in [-0.15, -0.1) is 0 Å². The number of halogens is 2. The molecule has 2 aliphatic heterocycles. The number of rotatable bonds is 7. The number of nitrogen functional groups attached to an aromatic ring is 1. The molecule has 4 unspecified atom stereocenters. The number of hydrogen-bond acceptors (Lipinski definition) is 11. The topological polar surface area (TPSA) is 169 Å². The van der Waals surface area contributed by atoms with Crippen LogP contribution >= 0.6 is 0 Å². The molecule has 3 fully saturated rings. The van der Waals surface area contributed by atoms with Crippen molar-refractivity contribution in [3.63, 3.8) is 0 Å². The number of hydrogen-bond donors (Lipinski definition) is 2. The highest BCUT2D eigenvalue weighted by Crippen LogP contribution is 2.61. The van der Waals surface area contributed by atoms with Crippen molar-refractivity contribution < 1.29 is 47.2 Å². The molecule has 0 radical (unpaired) electrons. The van der Waals surface area contributed by atoms with E-state index in [1.54, 1.807) is 18.2 Å². The van der Waals surface area contributed by atoms with E-state index >= 15 is 0 Å². The van der Waals surface area contributed by atoms with Crippen LogP contribution in [0.1, 0.15) is 52.2 Å². The number of nitrogens with zero attached hydrogens (tertiary/aromatic N) is 2. The minimum absolute atomic E-state index is 0.00174. The second kappa shape index (κ2) is 11.5. The van der Waals surface area contributed by atoms with Gasteiger partial charge >= 0.3 is 29.5 Å². The van der Waals surface area contributed by atoms with Crippen LogP contribution in [0.4, 0.5) is 14.6 Å². The molecule has 5 rings (SSSR count). The van der Waals surface area contributed by atoms with Gasteiger partial charge in [0.2, 0.25) is 6.23 Å². The lowest BCUT2D eigenvalue weighted by Crippen LogP contribution is -2.52. The highest BCUT2D eigenvalue weighted by atomic mass is 19.3. The fraction of sp³-hybridized carbons (Fsp3) is 0.567. The van der Waals surface area contributed by atoms with Gasteiger partial charge < -0.3 is 29.8 Å². The van der Waals surface area contributed by atoms with Gasteiger partial charge in [-0.25, -0.2) is 14.4 Å². The minimum Gasteiger partial charge on any atom is -0.466 e. The van der Waals surface area contributed by atoms with Gasteiger partial charge in [-0.3, -0.25) is 9.36 Å². The summed E-state index contributed by atoms with van der Waals surface area (Å²) in [5, 5.41) is 10.2. The number of aliphatic hydroxyl groups excluding tert-OH is 1. The second-order valence-electron chi connectivity index (χ2n) is 11.9. The van der Waals surface area contributed by atoms with Crippen molar-refractivity contribution in [1.82, 2.24) is 9.55 Å². The summed E-state index contributed by atoms with van der Waals surface area (Å²) >= 11 is 0. The minimum atomic E-state index is -3.88. The largest absolute Gasteiger partial charge is 0.466 e. The number of cyclic esters (lactones) is 1. The first-order valence-electron chi connectivity index (χ1n) is 14.3. The molecule has 3 N–H and O–H groups in total. The summed E-state index contributed by atoms with van der Waals surface area (Å²) in [5.41, 5.74) is 3.37. The zero-order valence-corrected chi connectivity index (χ0v) is 24.5. The molecule has 44 heavy (non-hydrogen) atoms. The van der Waals surface area contributed by atoms with Gasteiger partial charge in [-0.05, 0) is 64.0 Å². The Morgan fingerprint density at radius 2 is 2.02 bits per heavy atom. The van der Waals surface area contributed by atoms with Gasteiger partial charge in [0.05, 0.1) is 12.5 Å². The normalized spacial score (nSPS) is 34.6. The van der Waals surface area contributed by atoms with Crippen molar-refractivity contribution in [1.29, 1.82) is 0 Å². The molecule has 2 bridgehead atoms. The lowest BCUT2D eigenvalue weighted by atomic mass is 9.66. The van der Waals surface area contributed by atoms with E-state index in [2.05, 4.69) is 4.98 Å². The SMILES string of the molecule is COC(=O)C1=CCC23CCC(C2CC1)[C@@](C)(/C=C/C=C(\C)C(=O)OCC1O[C@@H](n2ccc(N)nc2=O)C(F)(F)[C@H]1O)OC3=O. The van der Waals surface area contributed by atoms with E-state index in [0.29, 0.717) is 35.8 Å². The quantitative estimate of drug-likeness (QED) is 0.199. The number of esters is 3. The van der Waals surface area contributed by atoms with E-state index in [-0.39, 0.29) is 29.2 Å². The first kappa shape index (κ1) is 31.5. The maximum absolute atomic E-state index is 14.8. The van der Waals surface area contributed by atoms with E-state index in [0.717, 1.165) is 18.7 Å². The van der Waals surface area contributed by atoms with Crippen LogP contribution in [0.25, 0.3) is 0 Å². The summed E-state index contributed by atoms with van der Waals surface area (Å²) in [6.07, 6.45) is 4.34. The van der Waals surface area contributed by atoms with Gasteiger partial charge in [0.25, 0.3) is 0 Å². The Bertz CT molecular complexity index is 1500. The van der Waals surface area contributed by atoms with Crippen molar-refractivity contribution in [3.8, 4) is 0 Å². The predicted molar refractivity (Wildman–Crippen MR) is 149 cm³/mol. The number of aromatic nitrogens is 2. The van der Waals surface area contributed by atoms with Crippen molar-refractivity contribution in [2.45, 2.75) is 75.9 Å². The summed E-state index contributed by atoms with van der Waals surface area (Å²) in [5.74, 6) is -5.60. The van der Waals surface area contributed by atoms with E-state index in [9.17, 15) is 33.1 Å². The van der Waals surface area contributed by atoms with E-state index in [1.807, 2.05) is 6.92 Å². The molecule has 4 aliphatic rings. The Hall–Kier alpha value is -3.91. The van der Waals surface area contributed by atoms with Gasteiger partial charge in [-0.2, -0.15) is 13.8 Å². The molecule has 14 heteroatoms. The highest BCUT2D eigenvalue weighted by molar-refractivity contribution is 5.89. The average Bonchev–Trinajstić information content (AvgIpc) is 3.33. The summed E-state index contributed by atoms with van der Waals surface area (Å²) in [7, 11) is 1.33. The maximum atomic E-state index is 14.8. The molecule has 3 heterocycles. The van der Waals surface area contributed by atoms with E-state index in [1.165, 1.54) is 20.1 Å². The third-order valence-electron chi connectivity index (χ3n) is 9.39. The Morgan fingerprint density at radius 1 is 1.27 bits per heavy atom. The Labute approximate surface area is 251 Å². The first-order chi connectivity index (χ1) is 20.7. The van der Waals surface area contributed by atoms with E-state index in [4.69, 9.17) is 24.7 Å². The number of alkyl halides is 2. The van der Waals surface area contributed by atoms with Crippen LogP contribution in [0.3, 0.4) is 0 Å². The molecule has 1 saturated carbocycles. The molecular weight excluding hydrogens is 584 g/mol. The van der Waals surface area contributed by atoms with E-state index < -0.39 is 59.6 Å². The van der Waals surface area contributed by atoms with Gasteiger partial charge in [0.1, 0.15) is 24.1 Å². The highest BCUT2D eigenvalue weighted by Gasteiger charge is 2.64. The molecule has 2 aliphatic carbocycles. The molecule has 0 amide bonds. The number of nitrogens with two attached hydrogens (primary N) is 1. The van der Waals surface area contributed by atoms with Gasteiger partial charge in [0, 0.05) is 23.3 Å². The van der Waals surface area contributed by atoms with Crippen molar-refractivity contribution in [2.24, 2.45) is 17.3 Å². The Kier molecular flexibility index (Phi) is 8.27. The van der Waals surface area contributed by atoms with Crippen molar-refractivity contribution in [3.05, 3.63) is 58.2 Å². The third kappa shape index (κ3) is 5.34. The number of carbonyl (C=O) groups is 3. The monoisotopic (exact) mass is 619 g/mol. The Morgan fingerprint density at radius 3 is 2.73 bits per heavy atom. The third-order valence-corrected chi connectivity index (χ3v) is 9.39. The lowest BCUT2D eigenvalue weighted by Gasteiger charge is -2.46. The molecule has 0 aromatic carbocycles. The first-order valence-corrected chi connectivity index (χ1v) is 14.3. The van der Waals surface area contributed by atoms with Crippen LogP contribution in [0.5, 0.6) is 0 Å². The number of methoxy groups -OCH3 is 1. The summed E-state index contributed by atoms with van der Waals surface area (Å²) in [6.45, 7) is 2.57. The lowest BCUT2D eigenvalue weighted by molar-refractivity contribution is -0.187. The fourth-order valence-corrected chi connectivity index (χ4v) is 6.94. The van der Waals surface area contributed by atoms with Crippen LogP contribution in [0, 0.1) is 17.3 Å². The predicted octanol–water partition coefficient (Wildman–Crippen LogP) is 2.38. The van der Waals surface area contributed by atoms with Gasteiger partial charge in [-0.1, -0.05) is 18.2 Å². The van der Waals surface area contributed by atoms with Crippen LogP contribution < -0.4 is 11.4 Å². The van der Waals surface area contributed by atoms with Gasteiger partial charge in [0.15, 0.2) is 6.10 Å². The smallest absolute Gasteiger partial charge is 0.351 e. The number of carbonyl (C=O) groups excluding carboxylic acids is 3. The molecule has 7 atom stereocenters. The molecule has 238 valence electrons. The number of allylic oxidation sites excluding steroid dienone is 3. The zero-order chi connectivity index (χ0) is 32.0. The molecule has 0 spiro atoms. The van der Waals surface area contributed by atoms with Crippen LogP contribution in [0.15, 0.2) is 52.5 Å². The van der Waals surface area contributed by atoms with Crippen LogP contribution in [0.2, 0.25) is 0 Å². The summed E-state index contributed by atoms with van der Waals surface area (Å²) in [4.78, 5) is 53.6. The molecule has 12 nitrogen and oxygen atoms in total. The fourth-order valence-electron chi connectivity index (χ4n) is 6.94. The number of anilines is 1. The molecule has 1 aromatic rings. The summed E-state index contributed by atoms with van der Waals surface area (Å²) in [6, 6.07) is 1.13. The Balaban J connectivity index is 1.22. The van der Waals surface area contributed by atoms with Crippen molar-refractivity contribution >= 4 is 23.7 Å². The van der Waals surface area contributed by atoms with Crippen LogP contribution in [-0.4, -0.2) is 70.0 Å². The molecule has 2 saturated heterocycles. The van der Waals surface area contributed by atoms with Crippen molar-refractivity contribution in [2.75, 3.05) is 19.5 Å². The molecular formula is C30H35F2N3O9. The zero-order valence-electron chi connectivity index (χ0n) is 24.5. The second-order valence-corrected chi connectivity index (χ2v) is 11.9. The number of ether oxygens (including phenoxy) is 4. The molecule has 1 aromatic heterocycles.